The lowest BCUT2D eigenvalue weighted by Crippen LogP contribution is -2.52. The van der Waals surface area contributed by atoms with E-state index in [0.29, 0.717) is 6.42 Å². The highest BCUT2D eigenvalue weighted by Crippen LogP contribution is 2.08. The Hall–Kier alpha value is -2.02. The summed E-state index contributed by atoms with van der Waals surface area (Å²) >= 11 is 3.88. The molecule has 0 bridgehead atoms. The molecule has 0 fully saturated rings. The number of amides is 2. The van der Waals surface area contributed by atoms with Crippen LogP contribution in [0.2, 0.25) is 0 Å². The van der Waals surface area contributed by atoms with Crippen molar-refractivity contribution >= 4 is 30.4 Å². The van der Waals surface area contributed by atoms with Crippen LogP contribution >= 0.6 is 12.6 Å². The van der Waals surface area contributed by atoms with Gasteiger partial charge in [-0.05, 0) is 17.9 Å². The predicted octanol–water partition coefficient (Wildman–Crippen LogP) is 1.26. The number of nitrogens with one attached hydrogen (secondary N) is 2. The Kier molecular flexibility index (Phi) is 8.32. The molecule has 0 heterocycles. The van der Waals surface area contributed by atoms with Gasteiger partial charge in [-0.25, -0.2) is 4.79 Å². The number of carbonyl (C=O) groups is 3. The molecule has 2 atom stereocenters. The van der Waals surface area contributed by atoms with Crippen LogP contribution in [0.5, 0.6) is 0 Å². The number of benzene rings is 1. The fraction of sp³-hybridized carbons (Fsp3) is 0.471. The van der Waals surface area contributed by atoms with E-state index in [-0.39, 0.29) is 24.0 Å². The molecule has 6 nitrogen and oxygen atoms in total. The minimum atomic E-state index is -1.11. The first-order valence-corrected chi connectivity index (χ1v) is 8.44. The van der Waals surface area contributed by atoms with Gasteiger partial charge >= 0.3 is 5.97 Å². The zero-order valence-corrected chi connectivity index (χ0v) is 14.8. The summed E-state index contributed by atoms with van der Waals surface area (Å²) in [6.07, 6.45) is 0.597. The summed E-state index contributed by atoms with van der Waals surface area (Å²) in [5.41, 5.74) is 0.810. The van der Waals surface area contributed by atoms with Crippen molar-refractivity contribution in [1.82, 2.24) is 10.6 Å². The minimum absolute atomic E-state index is 0.0335. The maximum atomic E-state index is 12.4. The fourth-order valence-electron chi connectivity index (χ4n) is 2.27. The van der Waals surface area contributed by atoms with E-state index < -0.39 is 24.0 Å². The zero-order chi connectivity index (χ0) is 18.1. The molecule has 0 unspecified atom stereocenters. The monoisotopic (exact) mass is 352 g/mol. The lowest BCUT2D eigenvalue weighted by Gasteiger charge is -2.22. The van der Waals surface area contributed by atoms with E-state index in [1.807, 2.05) is 32.0 Å². The van der Waals surface area contributed by atoms with Crippen LogP contribution in [0.15, 0.2) is 30.3 Å². The molecule has 0 aliphatic heterocycles. The predicted molar refractivity (Wildman–Crippen MR) is 95.0 cm³/mol. The molecule has 0 aliphatic carbocycles. The average Bonchev–Trinajstić information content (AvgIpc) is 2.53. The van der Waals surface area contributed by atoms with Crippen molar-refractivity contribution in [3.8, 4) is 0 Å². The summed E-state index contributed by atoms with van der Waals surface area (Å²) in [5.74, 6) is -1.85. The van der Waals surface area contributed by atoms with E-state index >= 15 is 0 Å². The Morgan fingerprint density at radius 3 is 2.21 bits per heavy atom. The molecule has 0 spiro atoms. The first-order chi connectivity index (χ1) is 11.3. The van der Waals surface area contributed by atoms with Crippen LogP contribution in [0.1, 0.15) is 25.8 Å². The number of rotatable bonds is 9. The lowest BCUT2D eigenvalue weighted by atomic mass is 10.0. The summed E-state index contributed by atoms with van der Waals surface area (Å²) in [6.45, 7) is 3.84. The molecule has 24 heavy (non-hydrogen) atoms. The molecule has 1 aromatic rings. The standard InChI is InChI=1S/C17H24N2O4S/c1-11(2)8-13(18-15(20)10-24)16(21)19-14(17(22)23)9-12-6-4-3-5-7-12/h3-7,11,13-14,24H,8-10H2,1-2H3,(H,18,20)(H,19,21)(H,22,23)/t13-,14-/m0/s1. The molecule has 1 aromatic carbocycles. The van der Waals surface area contributed by atoms with E-state index in [0.717, 1.165) is 5.56 Å². The number of carbonyl (C=O) groups excluding carboxylic acids is 2. The molecule has 0 saturated carbocycles. The van der Waals surface area contributed by atoms with E-state index in [1.54, 1.807) is 12.1 Å². The Balaban J connectivity index is 2.79. The summed E-state index contributed by atoms with van der Waals surface area (Å²) in [5, 5.41) is 14.5. The second-order valence-corrected chi connectivity index (χ2v) is 6.31. The van der Waals surface area contributed by atoms with E-state index in [1.165, 1.54) is 0 Å². The van der Waals surface area contributed by atoms with Crippen molar-refractivity contribution in [1.29, 1.82) is 0 Å². The van der Waals surface area contributed by atoms with Crippen molar-refractivity contribution < 1.29 is 19.5 Å². The molecule has 0 aliphatic rings. The Morgan fingerprint density at radius 2 is 1.71 bits per heavy atom. The van der Waals surface area contributed by atoms with E-state index in [9.17, 15) is 19.5 Å². The quantitative estimate of drug-likeness (QED) is 0.503. The lowest BCUT2D eigenvalue weighted by molar-refractivity contribution is -0.142. The summed E-state index contributed by atoms with van der Waals surface area (Å²) in [7, 11) is 0. The molecule has 7 heteroatoms. The van der Waals surface area contributed by atoms with Crippen molar-refractivity contribution in [2.75, 3.05) is 5.75 Å². The van der Waals surface area contributed by atoms with Gasteiger partial charge in [-0.1, -0.05) is 44.2 Å². The Morgan fingerprint density at radius 1 is 1.08 bits per heavy atom. The zero-order valence-electron chi connectivity index (χ0n) is 13.9. The first-order valence-electron chi connectivity index (χ1n) is 7.80. The Labute approximate surface area is 147 Å². The van der Waals surface area contributed by atoms with Gasteiger partial charge in [-0.2, -0.15) is 12.6 Å². The van der Waals surface area contributed by atoms with Gasteiger partial charge in [0.05, 0.1) is 5.75 Å². The van der Waals surface area contributed by atoms with Crippen molar-refractivity contribution in [3.63, 3.8) is 0 Å². The third-order valence-electron chi connectivity index (χ3n) is 3.40. The number of hydrogen-bond donors (Lipinski definition) is 4. The highest BCUT2D eigenvalue weighted by Gasteiger charge is 2.27. The SMILES string of the molecule is CC(C)C[C@H](NC(=O)CS)C(=O)N[C@@H](Cc1ccccc1)C(=O)O. The summed E-state index contributed by atoms with van der Waals surface area (Å²) in [4.78, 5) is 35.4. The van der Waals surface area contributed by atoms with Crippen LogP contribution < -0.4 is 10.6 Å². The molecular formula is C17H24N2O4S. The molecular weight excluding hydrogens is 328 g/mol. The second-order valence-electron chi connectivity index (χ2n) is 6.00. The third-order valence-corrected chi connectivity index (χ3v) is 3.69. The fourth-order valence-corrected chi connectivity index (χ4v) is 2.36. The average molecular weight is 352 g/mol. The highest BCUT2D eigenvalue weighted by molar-refractivity contribution is 7.81. The van der Waals surface area contributed by atoms with Crippen molar-refractivity contribution in [2.45, 2.75) is 38.8 Å². The largest absolute Gasteiger partial charge is 0.480 e. The first kappa shape index (κ1) is 20.0. The van der Waals surface area contributed by atoms with Gasteiger partial charge in [0.2, 0.25) is 11.8 Å². The van der Waals surface area contributed by atoms with Gasteiger partial charge in [0.25, 0.3) is 0 Å². The molecule has 132 valence electrons. The van der Waals surface area contributed by atoms with E-state index in [2.05, 4.69) is 23.3 Å². The molecule has 0 saturated heterocycles. The van der Waals surface area contributed by atoms with Gasteiger partial charge in [0.15, 0.2) is 0 Å². The van der Waals surface area contributed by atoms with Crippen LogP contribution in [0, 0.1) is 5.92 Å². The van der Waals surface area contributed by atoms with Gasteiger partial charge in [-0.3, -0.25) is 9.59 Å². The summed E-state index contributed by atoms with van der Waals surface area (Å²) in [6, 6.07) is 7.23. The van der Waals surface area contributed by atoms with Crippen LogP contribution in [-0.2, 0) is 20.8 Å². The van der Waals surface area contributed by atoms with Gasteiger partial charge < -0.3 is 15.7 Å². The number of thiol groups is 1. The van der Waals surface area contributed by atoms with Gasteiger partial charge in [-0.15, -0.1) is 0 Å². The maximum absolute atomic E-state index is 12.4. The number of aliphatic carboxylic acids is 1. The third kappa shape index (κ3) is 7.04. The Bertz CT molecular complexity index is 563. The number of carboxylic acids is 1. The van der Waals surface area contributed by atoms with Crippen LogP contribution in [-0.4, -0.2) is 40.7 Å². The number of carboxylic acid groups (broad SMARTS) is 1. The van der Waals surface area contributed by atoms with Gasteiger partial charge in [0, 0.05) is 6.42 Å². The second kappa shape index (κ2) is 9.97. The van der Waals surface area contributed by atoms with Crippen LogP contribution in [0.4, 0.5) is 0 Å². The van der Waals surface area contributed by atoms with Crippen LogP contribution in [0.25, 0.3) is 0 Å². The van der Waals surface area contributed by atoms with Crippen molar-refractivity contribution in [2.24, 2.45) is 5.92 Å². The molecule has 0 aromatic heterocycles. The van der Waals surface area contributed by atoms with E-state index in [4.69, 9.17) is 0 Å². The maximum Gasteiger partial charge on any atom is 0.326 e. The van der Waals surface area contributed by atoms with Crippen LogP contribution in [0.3, 0.4) is 0 Å². The minimum Gasteiger partial charge on any atom is -0.480 e. The highest BCUT2D eigenvalue weighted by atomic mass is 32.1. The summed E-state index contributed by atoms with van der Waals surface area (Å²) < 4.78 is 0. The molecule has 0 radical (unpaired) electrons. The normalized spacial score (nSPS) is 13.2. The molecule has 3 N–H and O–H groups in total. The van der Waals surface area contributed by atoms with Crippen molar-refractivity contribution in [3.05, 3.63) is 35.9 Å². The van der Waals surface area contributed by atoms with Gasteiger partial charge in [0.1, 0.15) is 12.1 Å². The smallest absolute Gasteiger partial charge is 0.326 e. The molecule has 2 amide bonds. The topological polar surface area (TPSA) is 95.5 Å². The molecule has 1 rings (SSSR count). The number of hydrogen-bond acceptors (Lipinski definition) is 4.